The van der Waals surface area contributed by atoms with Crippen LogP contribution in [0, 0.1) is 0 Å². The van der Waals surface area contributed by atoms with Gasteiger partial charge in [0.05, 0.1) is 5.25 Å². The van der Waals surface area contributed by atoms with Crippen LogP contribution in [0.4, 0.5) is 5.69 Å². The van der Waals surface area contributed by atoms with Gasteiger partial charge in [-0.05, 0) is 43.3 Å². The molecule has 2 unspecified atom stereocenters. The molecule has 0 aliphatic carbocycles. The lowest BCUT2D eigenvalue weighted by Crippen LogP contribution is -2.25. The first-order valence-electron chi connectivity index (χ1n) is 9.02. The van der Waals surface area contributed by atoms with E-state index in [1.165, 1.54) is 11.8 Å². The van der Waals surface area contributed by atoms with Crippen LogP contribution in [0.1, 0.15) is 18.9 Å². The van der Waals surface area contributed by atoms with E-state index in [4.69, 9.17) is 21.1 Å². The van der Waals surface area contributed by atoms with Gasteiger partial charge in [0.25, 0.3) is 0 Å². The number of carbonyl (C=O) groups is 1. The smallest absolute Gasteiger partial charge is 0.237 e. The van der Waals surface area contributed by atoms with Gasteiger partial charge in [-0.3, -0.25) is 4.79 Å². The van der Waals surface area contributed by atoms with Gasteiger partial charge in [0.1, 0.15) is 6.61 Å². The molecule has 3 aromatic rings. The largest absolute Gasteiger partial charge is 0.485 e. The fraction of sp³-hybridized carbons (Fsp3) is 0.250. The van der Waals surface area contributed by atoms with Gasteiger partial charge < -0.3 is 19.4 Å². The number of aromatic nitrogens is 3. The topological polar surface area (TPSA) is 78.3 Å². The summed E-state index contributed by atoms with van der Waals surface area (Å²) in [4.78, 5) is 12.5. The molecule has 1 aliphatic heterocycles. The average Bonchev–Trinajstić information content (AvgIpc) is 3.09. The molecule has 1 aromatic heterocycles. The number of ether oxygens (including phenoxy) is 2. The maximum absolute atomic E-state index is 12.5. The standard InChI is InChI=1S/C20H19ClN4O3S/c1-12(19(26)22-14-9-7-13(21)8-10-14)29-20-24-23-18(25(20)2)17-11-27-15-5-3-4-6-16(15)28-17/h3-10,12,17H,11H2,1-2H3,(H,22,26). The SMILES string of the molecule is CC(Sc1nnc(C2COc3ccccc3O2)n1C)C(=O)Nc1ccc(Cl)cc1. The lowest BCUT2D eigenvalue weighted by Gasteiger charge is -2.25. The number of anilines is 1. The predicted octanol–water partition coefficient (Wildman–Crippen LogP) is 4.10. The number of amides is 1. The van der Waals surface area contributed by atoms with E-state index in [0.717, 1.165) is 0 Å². The number of para-hydroxylation sites is 2. The van der Waals surface area contributed by atoms with E-state index in [1.54, 1.807) is 24.3 Å². The maximum atomic E-state index is 12.5. The molecular weight excluding hydrogens is 412 g/mol. The number of thioether (sulfide) groups is 1. The summed E-state index contributed by atoms with van der Waals surface area (Å²) in [6, 6.07) is 14.5. The van der Waals surface area contributed by atoms with Gasteiger partial charge in [-0.15, -0.1) is 10.2 Å². The van der Waals surface area contributed by atoms with Crippen molar-refractivity contribution < 1.29 is 14.3 Å². The van der Waals surface area contributed by atoms with Crippen LogP contribution in [-0.4, -0.2) is 32.5 Å². The van der Waals surface area contributed by atoms with E-state index < -0.39 is 0 Å². The van der Waals surface area contributed by atoms with E-state index in [1.807, 2.05) is 42.8 Å². The highest BCUT2D eigenvalue weighted by atomic mass is 35.5. The van der Waals surface area contributed by atoms with E-state index >= 15 is 0 Å². The highest BCUT2D eigenvalue weighted by Crippen LogP contribution is 2.36. The normalized spacial score (nSPS) is 16.3. The lowest BCUT2D eigenvalue weighted by molar-refractivity contribution is -0.115. The summed E-state index contributed by atoms with van der Waals surface area (Å²) < 4.78 is 13.6. The molecule has 2 heterocycles. The Morgan fingerprint density at radius 3 is 2.69 bits per heavy atom. The van der Waals surface area contributed by atoms with Crippen molar-refractivity contribution in [2.45, 2.75) is 23.4 Å². The van der Waals surface area contributed by atoms with Gasteiger partial charge in [0, 0.05) is 17.8 Å². The molecule has 0 spiro atoms. The number of halogens is 1. The highest BCUT2D eigenvalue weighted by Gasteiger charge is 2.28. The van der Waals surface area contributed by atoms with Crippen molar-refractivity contribution >= 4 is 35.0 Å². The zero-order chi connectivity index (χ0) is 20.4. The van der Waals surface area contributed by atoms with Gasteiger partial charge in [-0.2, -0.15) is 0 Å². The highest BCUT2D eigenvalue weighted by molar-refractivity contribution is 8.00. The van der Waals surface area contributed by atoms with Gasteiger partial charge in [0.15, 0.2) is 28.6 Å². The zero-order valence-electron chi connectivity index (χ0n) is 15.8. The lowest BCUT2D eigenvalue weighted by atomic mass is 10.2. The zero-order valence-corrected chi connectivity index (χ0v) is 17.4. The molecule has 0 saturated heterocycles. The Balaban J connectivity index is 1.42. The molecule has 9 heteroatoms. The van der Waals surface area contributed by atoms with Crippen molar-refractivity contribution in [2.24, 2.45) is 7.05 Å². The summed E-state index contributed by atoms with van der Waals surface area (Å²) in [5.74, 6) is 1.91. The van der Waals surface area contributed by atoms with Gasteiger partial charge in [-0.1, -0.05) is 35.5 Å². The maximum Gasteiger partial charge on any atom is 0.237 e. The molecule has 1 amide bonds. The van der Waals surface area contributed by atoms with Crippen molar-refractivity contribution in [1.29, 1.82) is 0 Å². The molecule has 2 aromatic carbocycles. The third-order valence-electron chi connectivity index (χ3n) is 4.43. The summed E-state index contributed by atoms with van der Waals surface area (Å²) in [5, 5.41) is 12.2. The van der Waals surface area contributed by atoms with Crippen LogP contribution in [-0.2, 0) is 11.8 Å². The third-order valence-corrected chi connectivity index (χ3v) is 5.81. The number of nitrogens with zero attached hydrogens (tertiary/aromatic N) is 3. The molecule has 0 fully saturated rings. The van der Waals surface area contributed by atoms with Crippen molar-refractivity contribution in [3.8, 4) is 11.5 Å². The Morgan fingerprint density at radius 1 is 1.21 bits per heavy atom. The quantitative estimate of drug-likeness (QED) is 0.614. The molecule has 1 N–H and O–H groups in total. The van der Waals surface area contributed by atoms with Crippen molar-refractivity contribution in [2.75, 3.05) is 11.9 Å². The molecule has 2 atom stereocenters. The number of rotatable bonds is 5. The molecule has 150 valence electrons. The summed E-state index contributed by atoms with van der Waals surface area (Å²) in [7, 11) is 1.85. The van der Waals surface area contributed by atoms with Crippen LogP contribution in [0.15, 0.2) is 53.7 Å². The van der Waals surface area contributed by atoms with Crippen LogP contribution < -0.4 is 14.8 Å². The van der Waals surface area contributed by atoms with Crippen LogP contribution in [0.25, 0.3) is 0 Å². The van der Waals surface area contributed by atoms with Crippen molar-refractivity contribution in [1.82, 2.24) is 14.8 Å². The second-order valence-corrected chi connectivity index (χ2v) is 8.26. The van der Waals surface area contributed by atoms with Crippen molar-refractivity contribution in [3.05, 3.63) is 59.4 Å². The summed E-state index contributed by atoms with van der Waals surface area (Å²) >= 11 is 7.20. The Kier molecular flexibility index (Phi) is 5.64. The fourth-order valence-electron chi connectivity index (χ4n) is 2.84. The minimum absolute atomic E-state index is 0.131. The average molecular weight is 431 g/mol. The first-order chi connectivity index (χ1) is 14.0. The predicted molar refractivity (Wildman–Crippen MR) is 112 cm³/mol. The summed E-state index contributed by atoms with van der Waals surface area (Å²) in [6.07, 6.45) is -0.366. The monoisotopic (exact) mass is 430 g/mol. The first kappa shape index (κ1) is 19.6. The minimum Gasteiger partial charge on any atom is -0.485 e. The van der Waals surface area contributed by atoms with Crippen molar-refractivity contribution in [3.63, 3.8) is 0 Å². The Morgan fingerprint density at radius 2 is 1.93 bits per heavy atom. The molecule has 0 bridgehead atoms. The summed E-state index contributed by atoms with van der Waals surface area (Å²) in [6.45, 7) is 2.17. The molecule has 0 saturated carbocycles. The Hall–Kier alpha value is -2.71. The number of fused-ring (bicyclic) bond motifs is 1. The molecule has 7 nitrogen and oxygen atoms in total. The van der Waals surface area contributed by atoms with E-state index in [0.29, 0.717) is 39.8 Å². The van der Waals surface area contributed by atoms with Crippen LogP contribution >= 0.6 is 23.4 Å². The summed E-state index contributed by atoms with van der Waals surface area (Å²) in [5.41, 5.74) is 0.692. The second-order valence-electron chi connectivity index (χ2n) is 6.52. The Bertz CT molecular complexity index is 1020. The third kappa shape index (κ3) is 4.33. The molecular formula is C20H19ClN4O3S. The minimum atomic E-state index is -0.370. The van der Waals surface area contributed by atoms with Gasteiger partial charge in [0.2, 0.25) is 5.91 Å². The number of benzene rings is 2. The van der Waals surface area contributed by atoms with E-state index in [2.05, 4.69) is 15.5 Å². The fourth-order valence-corrected chi connectivity index (χ4v) is 3.79. The molecule has 29 heavy (non-hydrogen) atoms. The van der Waals surface area contributed by atoms with E-state index in [-0.39, 0.29) is 17.3 Å². The van der Waals surface area contributed by atoms with Gasteiger partial charge in [-0.25, -0.2) is 0 Å². The van der Waals surface area contributed by atoms with Crippen LogP contribution in [0.5, 0.6) is 11.5 Å². The number of hydrogen-bond acceptors (Lipinski definition) is 6. The van der Waals surface area contributed by atoms with Crippen LogP contribution in [0.2, 0.25) is 5.02 Å². The van der Waals surface area contributed by atoms with E-state index in [9.17, 15) is 4.79 Å². The molecule has 1 aliphatic rings. The molecule has 4 rings (SSSR count). The second kappa shape index (κ2) is 8.34. The number of nitrogens with one attached hydrogen (secondary N) is 1. The number of carbonyl (C=O) groups excluding carboxylic acids is 1. The van der Waals surface area contributed by atoms with Gasteiger partial charge >= 0.3 is 0 Å². The Labute approximate surface area is 177 Å². The van der Waals surface area contributed by atoms with Crippen LogP contribution in [0.3, 0.4) is 0 Å². The molecule has 0 radical (unpaired) electrons. The number of hydrogen-bond donors (Lipinski definition) is 1. The first-order valence-corrected chi connectivity index (χ1v) is 10.3.